The summed E-state index contributed by atoms with van der Waals surface area (Å²) in [5.41, 5.74) is 5.19. The summed E-state index contributed by atoms with van der Waals surface area (Å²) < 4.78 is 0. The minimum Gasteiger partial charge on any atom is -0.480 e. The third kappa shape index (κ3) is 3.13. The van der Waals surface area contributed by atoms with Crippen molar-refractivity contribution >= 4 is 17.9 Å². The van der Waals surface area contributed by atoms with Gasteiger partial charge in [0.05, 0.1) is 6.54 Å². The number of carboxylic acid groups (broad SMARTS) is 1. The molecule has 1 aliphatic heterocycles. The molecule has 1 rings (SSSR count). The molecule has 0 spiro atoms. The molecule has 1 heterocycles. The highest BCUT2D eigenvalue weighted by molar-refractivity contribution is 5.88. The van der Waals surface area contributed by atoms with E-state index in [4.69, 9.17) is 17.3 Å². The summed E-state index contributed by atoms with van der Waals surface area (Å²) in [6.45, 7) is -0.231. The number of terminal acetylenes is 1. The molecule has 1 unspecified atom stereocenters. The highest BCUT2D eigenvalue weighted by atomic mass is 16.4. The molecule has 0 bridgehead atoms. The molecule has 7 nitrogen and oxygen atoms in total. The summed E-state index contributed by atoms with van der Waals surface area (Å²) in [6, 6.07) is -1.23. The van der Waals surface area contributed by atoms with Crippen molar-refractivity contribution in [3.63, 3.8) is 0 Å². The van der Waals surface area contributed by atoms with Crippen LogP contribution in [0.2, 0.25) is 0 Å². The number of primary amides is 1. The monoisotopic (exact) mass is 253 g/mol. The van der Waals surface area contributed by atoms with Crippen molar-refractivity contribution in [1.29, 1.82) is 0 Å². The molecule has 0 aliphatic carbocycles. The summed E-state index contributed by atoms with van der Waals surface area (Å²) >= 11 is 0. The second kappa shape index (κ2) is 5.91. The summed E-state index contributed by atoms with van der Waals surface area (Å²) in [5.74, 6) is 0.475. The van der Waals surface area contributed by atoms with Gasteiger partial charge in [0.1, 0.15) is 12.6 Å². The van der Waals surface area contributed by atoms with Gasteiger partial charge in [-0.2, -0.15) is 0 Å². The van der Waals surface area contributed by atoms with Crippen LogP contribution in [0.3, 0.4) is 0 Å². The van der Waals surface area contributed by atoms with Crippen molar-refractivity contribution in [2.75, 3.05) is 19.6 Å². The van der Waals surface area contributed by atoms with E-state index in [0.717, 1.165) is 4.90 Å². The van der Waals surface area contributed by atoms with Crippen molar-refractivity contribution in [1.82, 2.24) is 9.80 Å². The Balaban J connectivity index is 2.79. The maximum atomic E-state index is 12.1. The number of hydrogen-bond donors (Lipinski definition) is 2. The van der Waals surface area contributed by atoms with Crippen LogP contribution in [0.15, 0.2) is 0 Å². The van der Waals surface area contributed by atoms with Crippen LogP contribution in [0, 0.1) is 12.3 Å². The first kappa shape index (κ1) is 13.8. The highest BCUT2D eigenvalue weighted by Gasteiger charge is 2.35. The molecule has 0 aromatic heterocycles. The standard InChI is InChI=1S/C11H15N3O4/c1-2-5-13(7-9(15)16)11(18)14-6-3-4-8(14)10(12)17/h1,8H,3-7H2,(H2,12,17)(H,15,16). The Labute approximate surface area is 105 Å². The van der Waals surface area contributed by atoms with E-state index < -0.39 is 30.5 Å². The average Bonchev–Trinajstić information content (AvgIpc) is 2.75. The zero-order valence-electron chi connectivity index (χ0n) is 9.83. The molecule has 0 radical (unpaired) electrons. The fraction of sp³-hybridized carbons (Fsp3) is 0.545. The predicted molar refractivity (Wildman–Crippen MR) is 62.4 cm³/mol. The van der Waals surface area contributed by atoms with Crippen molar-refractivity contribution in [3.8, 4) is 12.3 Å². The lowest BCUT2D eigenvalue weighted by atomic mass is 10.2. The van der Waals surface area contributed by atoms with Crippen LogP contribution in [-0.4, -0.2) is 58.5 Å². The van der Waals surface area contributed by atoms with Gasteiger partial charge in [-0.15, -0.1) is 6.42 Å². The number of carbonyl (C=O) groups excluding carboxylic acids is 2. The van der Waals surface area contributed by atoms with Crippen LogP contribution in [0.4, 0.5) is 4.79 Å². The predicted octanol–water partition coefficient (Wildman–Crippen LogP) is -0.924. The average molecular weight is 253 g/mol. The van der Waals surface area contributed by atoms with Crippen LogP contribution >= 0.6 is 0 Å². The molecular weight excluding hydrogens is 238 g/mol. The Bertz CT molecular complexity index is 402. The molecule has 1 aliphatic rings. The first-order valence-corrected chi connectivity index (χ1v) is 5.47. The normalized spacial score (nSPS) is 18.2. The van der Waals surface area contributed by atoms with Crippen LogP contribution in [-0.2, 0) is 9.59 Å². The molecule has 18 heavy (non-hydrogen) atoms. The Hall–Kier alpha value is -2.23. The molecule has 0 saturated carbocycles. The van der Waals surface area contributed by atoms with Gasteiger partial charge in [0.2, 0.25) is 5.91 Å². The third-order valence-electron chi connectivity index (χ3n) is 2.71. The van der Waals surface area contributed by atoms with E-state index >= 15 is 0 Å². The fourth-order valence-corrected chi connectivity index (χ4v) is 1.94. The number of rotatable bonds is 4. The van der Waals surface area contributed by atoms with E-state index in [1.54, 1.807) is 0 Å². The van der Waals surface area contributed by atoms with Crippen LogP contribution in [0.25, 0.3) is 0 Å². The molecule has 7 heteroatoms. The number of hydrogen-bond acceptors (Lipinski definition) is 3. The minimum absolute atomic E-state index is 0.118. The molecule has 1 atom stereocenters. The Kier molecular flexibility index (Phi) is 4.54. The molecule has 3 N–H and O–H groups in total. The first-order valence-electron chi connectivity index (χ1n) is 5.47. The number of nitrogens with zero attached hydrogens (tertiary/aromatic N) is 2. The van der Waals surface area contributed by atoms with Crippen LogP contribution in [0.1, 0.15) is 12.8 Å². The lowest BCUT2D eigenvalue weighted by molar-refractivity contribution is -0.137. The number of amides is 3. The Morgan fingerprint density at radius 1 is 1.50 bits per heavy atom. The van der Waals surface area contributed by atoms with Gasteiger partial charge in [0.15, 0.2) is 0 Å². The van der Waals surface area contributed by atoms with E-state index in [-0.39, 0.29) is 6.54 Å². The van der Waals surface area contributed by atoms with Gasteiger partial charge >= 0.3 is 12.0 Å². The maximum Gasteiger partial charge on any atom is 0.323 e. The number of urea groups is 1. The number of carboxylic acids is 1. The summed E-state index contributed by atoms with van der Waals surface area (Å²) in [7, 11) is 0. The van der Waals surface area contributed by atoms with Gasteiger partial charge in [0, 0.05) is 6.54 Å². The molecular formula is C11H15N3O4. The SMILES string of the molecule is C#CCN(CC(=O)O)C(=O)N1CCCC1C(N)=O. The summed E-state index contributed by atoms with van der Waals surface area (Å²) in [6.07, 6.45) is 6.25. The molecule has 0 aromatic rings. The van der Waals surface area contributed by atoms with Gasteiger partial charge in [-0.3, -0.25) is 9.59 Å². The summed E-state index contributed by atoms with van der Waals surface area (Å²) in [5, 5.41) is 8.70. The van der Waals surface area contributed by atoms with Gasteiger partial charge in [-0.1, -0.05) is 5.92 Å². The zero-order chi connectivity index (χ0) is 13.7. The van der Waals surface area contributed by atoms with Gasteiger partial charge < -0.3 is 20.6 Å². The Morgan fingerprint density at radius 3 is 2.67 bits per heavy atom. The van der Waals surface area contributed by atoms with Crippen molar-refractivity contribution in [3.05, 3.63) is 0 Å². The quantitative estimate of drug-likeness (QED) is 0.632. The lowest BCUT2D eigenvalue weighted by Crippen LogP contribution is -2.51. The molecule has 1 fully saturated rings. The molecule has 0 aromatic carbocycles. The highest BCUT2D eigenvalue weighted by Crippen LogP contribution is 2.18. The summed E-state index contributed by atoms with van der Waals surface area (Å²) in [4.78, 5) is 36.2. The number of nitrogens with two attached hydrogens (primary N) is 1. The second-order valence-electron chi connectivity index (χ2n) is 3.99. The maximum absolute atomic E-state index is 12.1. The van der Waals surface area contributed by atoms with Crippen molar-refractivity contribution in [2.24, 2.45) is 5.73 Å². The van der Waals surface area contributed by atoms with Crippen molar-refractivity contribution < 1.29 is 19.5 Å². The third-order valence-corrected chi connectivity index (χ3v) is 2.71. The van der Waals surface area contributed by atoms with Crippen molar-refractivity contribution in [2.45, 2.75) is 18.9 Å². The zero-order valence-corrected chi connectivity index (χ0v) is 9.83. The van der Waals surface area contributed by atoms with E-state index in [9.17, 15) is 14.4 Å². The molecule has 3 amide bonds. The topological polar surface area (TPSA) is 104 Å². The van der Waals surface area contributed by atoms with Gasteiger partial charge in [0.25, 0.3) is 0 Å². The number of likely N-dealkylation sites (tertiary alicyclic amines) is 1. The van der Waals surface area contributed by atoms with Gasteiger partial charge in [-0.25, -0.2) is 4.79 Å². The molecule has 1 saturated heterocycles. The number of carbonyl (C=O) groups is 3. The lowest BCUT2D eigenvalue weighted by Gasteiger charge is -2.28. The molecule has 98 valence electrons. The second-order valence-corrected chi connectivity index (χ2v) is 3.99. The van der Waals surface area contributed by atoms with Crippen LogP contribution in [0.5, 0.6) is 0 Å². The minimum atomic E-state index is -1.16. The Morgan fingerprint density at radius 2 is 2.17 bits per heavy atom. The van der Waals surface area contributed by atoms with Gasteiger partial charge in [-0.05, 0) is 12.8 Å². The number of aliphatic carboxylic acids is 1. The first-order chi connectivity index (χ1) is 8.47. The van der Waals surface area contributed by atoms with E-state index in [1.165, 1.54) is 4.90 Å². The van der Waals surface area contributed by atoms with E-state index in [2.05, 4.69) is 5.92 Å². The smallest absolute Gasteiger partial charge is 0.323 e. The van der Waals surface area contributed by atoms with E-state index in [1.807, 2.05) is 0 Å². The van der Waals surface area contributed by atoms with E-state index in [0.29, 0.717) is 19.4 Å². The fourth-order valence-electron chi connectivity index (χ4n) is 1.94. The largest absolute Gasteiger partial charge is 0.480 e. The van der Waals surface area contributed by atoms with Crippen LogP contribution < -0.4 is 5.73 Å².